The van der Waals surface area contributed by atoms with Gasteiger partial charge in [-0.05, 0) is 130 Å². The maximum atomic E-state index is 14.9. The van der Waals surface area contributed by atoms with Crippen LogP contribution in [0, 0.1) is 23.7 Å². The summed E-state index contributed by atoms with van der Waals surface area (Å²) in [6.07, 6.45) is 2.37. The van der Waals surface area contributed by atoms with Gasteiger partial charge in [-0.2, -0.15) is 0 Å². The van der Waals surface area contributed by atoms with E-state index >= 15 is 0 Å². The van der Waals surface area contributed by atoms with Gasteiger partial charge in [-0.15, -0.1) is 11.3 Å². The van der Waals surface area contributed by atoms with Crippen molar-refractivity contribution in [2.75, 3.05) is 51.5 Å². The molecule has 1 aliphatic heterocycles. The zero-order valence-corrected chi connectivity index (χ0v) is 71.6. The lowest BCUT2D eigenvalue weighted by molar-refractivity contribution is -0.159. The molecule has 1 fully saturated rings. The van der Waals surface area contributed by atoms with Gasteiger partial charge in [0.2, 0.25) is 29.5 Å². The second-order valence-electron chi connectivity index (χ2n) is 30.2. The lowest BCUT2D eigenvalue weighted by atomic mass is 9.90. The predicted molar refractivity (Wildman–Crippen MR) is 449 cm³/mol. The summed E-state index contributed by atoms with van der Waals surface area (Å²) in [6, 6.07) is 13.7. The molecule has 0 saturated carbocycles. The van der Waals surface area contributed by atoms with E-state index in [9.17, 15) is 92.3 Å². The number of nitrogens with one attached hydrogen (secondary N) is 10. The first-order valence-electron chi connectivity index (χ1n) is 40.3. The fourth-order valence-corrected chi connectivity index (χ4v) is 15.9. The number of aromatic nitrogens is 1. The second-order valence-corrected chi connectivity index (χ2v) is 33.7. The van der Waals surface area contributed by atoms with Crippen LogP contribution in [-0.4, -0.2) is 223 Å². The highest BCUT2D eigenvalue weighted by Crippen LogP contribution is 2.31. The Morgan fingerprint density at radius 1 is 0.650 bits per heavy atom. The maximum absolute atomic E-state index is 14.9. The van der Waals surface area contributed by atoms with Crippen molar-refractivity contribution >= 4 is 122 Å². The number of urea groups is 2. The number of phenols is 1. The number of carboxylic acid groups (broad SMARTS) is 4. The van der Waals surface area contributed by atoms with Crippen molar-refractivity contribution < 1.29 is 107 Å². The molecule has 0 bridgehead atoms. The summed E-state index contributed by atoms with van der Waals surface area (Å²) < 4.78 is 11.0. The van der Waals surface area contributed by atoms with Gasteiger partial charge in [0.25, 0.3) is 5.91 Å². The van der Waals surface area contributed by atoms with Gasteiger partial charge in [-0.3, -0.25) is 58.3 Å². The molecular formula is C82H117N13O22S3. The Kier molecular flexibility index (Phi) is 44.3. The average molecular weight is 1730 g/mol. The van der Waals surface area contributed by atoms with Crippen LogP contribution in [0.5, 0.6) is 5.75 Å². The van der Waals surface area contributed by atoms with E-state index in [0.29, 0.717) is 65.8 Å². The van der Waals surface area contributed by atoms with E-state index in [1.54, 1.807) is 83.9 Å². The van der Waals surface area contributed by atoms with E-state index in [2.05, 4.69) is 53.4 Å². The molecule has 11 amide bonds. The number of hydrogen-bond acceptors (Lipinski definition) is 23. The number of ketones is 1. The van der Waals surface area contributed by atoms with E-state index in [1.165, 1.54) is 23.5 Å². The number of hydrazine groups is 1. The van der Waals surface area contributed by atoms with Gasteiger partial charge in [-0.25, -0.2) is 34.4 Å². The molecule has 1 aromatic heterocycles. The highest BCUT2D eigenvalue weighted by molar-refractivity contribution is 8.76. The van der Waals surface area contributed by atoms with E-state index in [-0.39, 0.29) is 143 Å². The number of thiazole rings is 1. The Balaban J connectivity index is 1.09. The Labute approximate surface area is 710 Å². The quantitative estimate of drug-likeness (QED) is 0.00683. The number of benzene rings is 3. The van der Waals surface area contributed by atoms with Gasteiger partial charge in [0.15, 0.2) is 12.5 Å². The molecule has 38 heteroatoms. The normalized spacial score (nSPS) is 15.1. The first-order valence-corrected chi connectivity index (χ1v) is 43.7. The minimum atomic E-state index is -1.58. The molecule has 120 heavy (non-hydrogen) atoms. The Morgan fingerprint density at radius 3 is 1.97 bits per heavy atom. The van der Waals surface area contributed by atoms with Gasteiger partial charge in [-0.1, -0.05) is 150 Å². The van der Waals surface area contributed by atoms with E-state index in [1.807, 2.05) is 53.5 Å². The minimum Gasteiger partial charge on any atom is -0.508 e. The first kappa shape index (κ1) is 100.0. The fourth-order valence-electron chi connectivity index (χ4n) is 13.1. The number of piperidine rings is 1. The monoisotopic (exact) mass is 1730 g/mol. The molecule has 35 nitrogen and oxygen atoms in total. The molecule has 1 aliphatic rings. The number of phenolic OH excluding ortho intramolecular Hbond substituents is 1. The van der Waals surface area contributed by atoms with Gasteiger partial charge in [0.05, 0.1) is 35.9 Å². The highest BCUT2D eigenvalue weighted by atomic mass is 33.1. The number of unbranched alkanes of at least 4 members (excludes halogenated alkanes) is 1. The first-order chi connectivity index (χ1) is 57.1. The number of Topliss-reactive ketones (excluding diaryl/α,β-unsaturated/α-hetero) is 1. The molecule has 4 aromatic rings. The summed E-state index contributed by atoms with van der Waals surface area (Å²) in [4.78, 5) is 204. The highest BCUT2D eigenvalue weighted by Gasteiger charge is 2.40. The minimum absolute atomic E-state index is 0.0148. The van der Waals surface area contributed by atoms with Gasteiger partial charge in [0, 0.05) is 79.7 Å². The molecule has 1 saturated heterocycles. The number of rotatable bonds is 53. The third-order valence-electron chi connectivity index (χ3n) is 20.1. The number of aliphatic carboxylic acids is 4. The van der Waals surface area contributed by atoms with E-state index in [4.69, 9.17) is 19.6 Å². The van der Waals surface area contributed by atoms with Crippen molar-refractivity contribution in [2.24, 2.45) is 23.7 Å². The average Bonchev–Trinajstić information content (AvgIpc) is 1.22. The molecule has 15 N–H and O–H groups in total. The fraction of sp³-hybridized carbons (Fsp3) is 0.561. The van der Waals surface area contributed by atoms with Crippen LogP contribution in [0.4, 0.5) is 14.4 Å². The van der Waals surface area contributed by atoms with Crippen molar-refractivity contribution in [2.45, 2.75) is 219 Å². The van der Waals surface area contributed by atoms with Crippen LogP contribution >= 0.6 is 32.9 Å². The molecule has 11 atom stereocenters. The van der Waals surface area contributed by atoms with Gasteiger partial charge in [0.1, 0.15) is 36.2 Å². The largest absolute Gasteiger partial charge is 0.508 e. The van der Waals surface area contributed by atoms with Crippen LogP contribution in [0.1, 0.15) is 188 Å². The summed E-state index contributed by atoms with van der Waals surface area (Å²) in [5.41, 5.74) is 7.14. The lowest BCUT2D eigenvalue weighted by Crippen LogP contribution is -2.59. The van der Waals surface area contributed by atoms with Crippen LogP contribution in [0.3, 0.4) is 0 Å². The molecule has 2 heterocycles. The number of likely N-dealkylation sites (N-methyl/N-ethyl adjacent to an activating group) is 1. The number of esters is 1. The van der Waals surface area contributed by atoms with Crippen molar-refractivity contribution in [3.63, 3.8) is 0 Å². The third-order valence-corrected chi connectivity index (χ3v) is 23.6. The lowest BCUT2D eigenvalue weighted by Gasteiger charge is -2.39. The van der Waals surface area contributed by atoms with Crippen molar-refractivity contribution in [3.8, 4) is 5.75 Å². The summed E-state index contributed by atoms with van der Waals surface area (Å²) in [5.74, 6) is -13.1. The number of carboxylic acids is 4. The number of nitrogens with zero attached hydrogens (tertiary/aromatic N) is 3. The molecular weight excluding hydrogens is 1620 g/mol. The molecule has 3 aromatic carbocycles. The summed E-state index contributed by atoms with van der Waals surface area (Å²) in [7, 11) is 3.94. The standard InChI is InChI=1S/C82H117N13O22S3/c1-9-19-70(103)117-48-95(77(108)71(50(5)10-2)91-75(107)64-23-15-17-35-94(64)8)65(49(3)4)39-52(7)76-89-62(46-118-76)74(106)86-58(40-54-29-31-59(96)32-30-54)38-51(6)72(104)92-93-82(115)116-36-37-119-120-47-63(79(111)112)88-73(105)57(44-69(101)102)43-66(97)61(41-53-20-12-11-13-21-53)87-67(98)42-55-25-27-56(28-26-55)45-85-80(113)83-33-16-14-22-60(78(109)110)90-81(114)84-34-18-24-68(99)100/h11-13,20-21,25-32,46,49-52,57-58,60-61,63-65,71,96H,9-10,14-19,22-24,33-45,47-48H2,1-8H3,(H,86,106)(H,87,98)(H,88,105)(H,91,107)(H,92,104)(H,93,115)(H,99,100)(H,101,102)(H,109,110)(H,111,112)(H2,83,85,113)(H2,84,90,114)/t50-,51-,52+,57-,58+,60-,61-,63-,64+,65+,71?/m0/s1. The van der Waals surface area contributed by atoms with Gasteiger partial charge < -0.3 is 82.4 Å². The number of hydrogen-bond donors (Lipinski definition) is 15. The van der Waals surface area contributed by atoms with Crippen molar-refractivity contribution in [3.05, 3.63) is 117 Å². The SMILES string of the molecule is CCCC(=O)OCN(C(=O)C(NC(=O)[C@H]1CCCCN1C)[C@@H](C)CC)[C@H](C[C@@H](C)c1nc(C(=O)N[C@@H](Cc2ccc(O)cc2)C[C@H](C)C(=O)NNC(=O)OCCSSC[C@H](NC(=O)[C@H](CC(=O)O)CC(=O)[C@H](Cc2ccccc2)NC(=O)Cc2ccc(CNC(=O)NCCCC[C@H](NC(=O)NCCCC(=O)O)C(=O)O)cc2)C(=O)O)cs1)C(C)C. The zero-order valence-electron chi connectivity index (χ0n) is 69.1. The summed E-state index contributed by atoms with van der Waals surface area (Å²) in [6.45, 7) is 13.7. The van der Waals surface area contributed by atoms with Gasteiger partial charge >= 0.3 is 48.0 Å². The van der Waals surface area contributed by atoms with Crippen LogP contribution in [0.15, 0.2) is 84.2 Å². The Bertz CT molecular complexity index is 4030. The Hall–Kier alpha value is -10.6. The van der Waals surface area contributed by atoms with Crippen molar-refractivity contribution in [1.29, 1.82) is 0 Å². The molecule has 5 rings (SSSR count). The number of ether oxygens (including phenoxy) is 2. The molecule has 1 unspecified atom stereocenters. The third kappa shape index (κ3) is 36.9. The Morgan fingerprint density at radius 2 is 1.32 bits per heavy atom. The number of carbonyl (C=O) groups excluding carboxylic acids is 11. The van der Waals surface area contributed by atoms with Crippen LogP contribution in [0.25, 0.3) is 0 Å². The maximum Gasteiger partial charge on any atom is 0.426 e. The summed E-state index contributed by atoms with van der Waals surface area (Å²) >= 11 is 1.25. The smallest absolute Gasteiger partial charge is 0.426 e. The number of aromatic hydroxyl groups is 1. The number of carbonyl (C=O) groups is 15. The molecule has 0 aliphatic carbocycles. The second kappa shape index (κ2) is 53.1. The summed E-state index contributed by atoms with van der Waals surface area (Å²) in [5, 5.41) is 71.7. The van der Waals surface area contributed by atoms with Crippen LogP contribution in [-0.2, 0) is 88.0 Å². The topological polar surface area (TPSA) is 515 Å². The van der Waals surface area contributed by atoms with E-state index < -0.39 is 138 Å². The number of likely N-dealkylation sites (tertiary alicyclic amines) is 1. The van der Waals surface area contributed by atoms with Crippen LogP contribution < -0.4 is 53.4 Å². The number of amides is 11. The van der Waals surface area contributed by atoms with Crippen LogP contribution in [0.2, 0.25) is 0 Å². The molecule has 0 radical (unpaired) electrons. The predicted octanol–water partition coefficient (Wildman–Crippen LogP) is 7.19. The molecule has 0 spiro atoms. The van der Waals surface area contributed by atoms with Crippen molar-refractivity contribution in [1.82, 2.24) is 68.2 Å². The molecule has 660 valence electrons. The zero-order chi connectivity index (χ0) is 88.4. The van der Waals surface area contributed by atoms with E-state index in [0.717, 1.165) is 41.0 Å².